The van der Waals surface area contributed by atoms with Crippen LogP contribution in [0.3, 0.4) is 0 Å². The van der Waals surface area contributed by atoms with Gasteiger partial charge in [0, 0.05) is 13.0 Å². The maximum absolute atomic E-state index is 10.1. The van der Waals surface area contributed by atoms with Crippen LogP contribution >= 0.6 is 0 Å². The summed E-state index contributed by atoms with van der Waals surface area (Å²) in [7, 11) is 0. The Morgan fingerprint density at radius 2 is 2.25 bits per heavy atom. The molecule has 2 heteroatoms. The van der Waals surface area contributed by atoms with E-state index in [4.69, 9.17) is 5.73 Å². The fourth-order valence-corrected chi connectivity index (χ4v) is 1.18. The van der Waals surface area contributed by atoms with Gasteiger partial charge in [0.1, 0.15) is 0 Å². The molecule has 0 bridgehead atoms. The van der Waals surface area contributed by atoms with E-state index in [1.54, 1.807) is 0 Å². The first-order valence-electron chi connectivity index (χ1n) is 3.91. The summed E-state index contributed by atoms with van der Waals surface area (Å²) in [6, 6.07) is 5.86. The highest BCUT2D eigenvalue weighted by Crippen LogP contribution is 2.10. The second-order valence-electron chi connectivity index (χ2n) is 2.79. The lowest BCUT2D eigenvalue weighted by molar-refractivity contribution is 0.555. The van der Waals surface area contributed by atoms with Gasteiger partial charge in [-0.2, -0.15) is 0 Å². The highest BCUT2D eigenvalue weighted by Gasteiger charge is 1.97. The molecular formula is C10H12NO. The number of hydrogen-bond acceptors (Lipinski definition) is 2. The van der Waals surface area contributed by atoms with Crippen molar-refractivity contribution in [1.82, 2.24) is 0 Å². The maximum Gasteiger partial charge on any atom is 0.203 e. The van der Waals surface area contributed by atoms with Gasteiger partial charge in [-0.25, -0.2) is 0 Å². The molecule has 0 unspecified atom stereocenters. The number of rotatable bonds is 3. The molecule has 0 fully saturated rings. The molecule has 1 radical (unpaired) electrons. The number of carbonyl (C=O) groups excluding carboxylic acids is 1. The molecule has 0 aliphatic carbocycles. The van der Waals surface area contributed by atoms with Crippen LogP contribution in [-0.4, -0.2) is 6.29 Å². The summed E-state index contributed by atoms with van der Waals surface area (Å²) >= 11 is 0. The molecule has 0 atom stereocenters. The van der Waals surface area contributed by atoms with Gasteiger partial charge in [0.25, 0.3) is 0 Å². The first-order valence-corrected chi connectivity index (χ1v) is 3.91. The van der Waals surface area contributed by atoms with Gasteiger partial charge in [0.2, 0.25) is 6.29 Å². The monoisotopic (exact) mass is 162 g/mol. The summed E-state index contributed by atoms with van der Waals surface area (Å²) in [6.07, 6.45) is 2.23. The summed E-state index contributed by atoms with van der Waals surface area (Å²) < 4.78 is 0. The first kappa shape index (κ1) is 8.94. The molecule has 0 aliphatic rings. The van der Waals surface area contributed by atoms with E-state index < -0.39 is 0 Å². The molecule has 1 rings (SSSR count). The summed E-state index contributed by atoms with van der Waals surface area (Å²) in [5, 5.41) is 0. The van der Waals surface area contributed by atoms with E-state index in [0.29, 0.717) is 13.0 Å². The number of aryl methyl sites for hydroxylation is 1. The molecule has 63 valence electrons. The lowest BCUT2D eigenvalue weighted by atomic mass is 10.0. The van der Waals surface area contributed by atoms with E-state index in [1.807, 2.05) is 31.4 Å². The number of nitrogens with two attached hydrogens (primary N) is 1. The molecule has 0 saturated carbocycles. The van der Waals surface area contributed by atoms with Crippen LogP contribution in [0.2, 0.25) is 0 Å². The van der Waals surface area contributed by atoms with Gasteiger partial charge in [-0.1, -0.05) is 18.2 Å². The van der Waals surface area contributed by atoms with Crippen molar-refractivity contribution in [3.05, 3.63) is 34.9 Å². The van der Waals surface area contributed by atoms with Crippen molar-refractivity contribution in [2.24, 2.45) is 5.73 Å². The quantitative estimate of drug-likeness (QED) is 0.723. The molecule has 2 N–H and O–H groups in total. The van der Waals surface area contributed by atoms with Crippen molar-refractivity contribution < 1.29 is 4.79 Å². The minimum atomic E-state index is 0.367. The zero-order chi connectivity index (χ0) is 8.97. The Morgan fingerprint density at radius 1 is 1.50 bits per heavy atom. The Hall–Kier alpha value is -1.15. The smallest absolute Gasteiger partial charge is 0.203 e. The van der Waals surface area contributed by atoms with Crippen LogP contribution in [0.15, 0.2) is 18.2 Å². The highest BCUT2D eigenvalue weighted by molar-refractivity contribution is 5.56. The van der Waals surface area contributed by atoms with Gasteiger partial charge >= 0.3 is 0 Å². The molecule has 0 spiro atoms. The third-order valence-electron chi connectivity index (χ3n) is 1.90. The van der Waals surface area contributed by atoms with Gasteiger partial charge in [-0.15, -0.1) is 0 Å². The van der Waals surface area contributed by atoms with Crippen LogP contribution in [0.25, 0.3) is 0 Å². The molecular weight excluding hydrogens is 150 g/mol. The molecule has 2 nitrogen and oxygen atoms in total. The van der Waals surface area contributed by atoms with E-state index in [0.717, 1.165) is 16.7 Å². The summed E-state index contributed by atoms with van der Waals surface area (Å²) in [4.78, 5) is 10.1. The Kier molecular flexibility index (Phi) is 3.00. The SMILES string of the molecule is Cc1cc(C[C]=O)ccc1CN. The van der Waals surface area contributed by atoms with Crippen LogP contribution in [0.1, 0.15) is 16.7 Å². The molecule has 0 aliphatic heterocycles. The third-order valence-corrected chi connectivity index (χ3v) is 1.90. The highest BCUT2D eigenvalue weighted by atomic mass is 16.1. The zero-order valence-corrected chi connectivity index (χ0v) is 7.13. The predicted octanol–water partition coefficient (Wildman–Crippen LogP) is 1.11. The topological polar surface area (TPSA) is 43.1 Å². The van der Waals surface area contributed by atoms with E-state index in [1.165, 1.54) is 0 Å². The van der Waals surface area contributed by atoms with Crippen LogP contribution < -0.4 is 5.73 Å². The second-order valence-corrected chi connectivity index (χ2v) is 2.79. The fraction of sp³-hybridized carbons (Fsp3) is 0.300. The minimum absolute atomic E-state index is 0.367. The van der Waals surface area contributed by atoms with Gasteiger partial charge in [0.15, 0.2) is 0 Å². The molecule has 12 heavy (non-hydrogen) atoms. The third kappa shape index (κ3) is 1.92. The van der Waals surface area contributed by atoms with Crippen molar-refractivity contribution in [1.29, 1.82) is 0 Å². The van der Waals surface area contributed by atoms with Crippen molar-refractivity contribution in [3.63, 3.8) is 0 Å². The number of benzene rings is 1. The van der Waals surface area contributed by atoms with E-state index in [9.17, 15) is 4.79 Å². The van der Waals surface area contributed by atoms with Crippen LogP contribution in [0.5, 0.6) is 0 Å². The van der Waals surface area contributed by atoms with E-state index in [-0.39, 0.29) is 0 Å². The molecule has 0 aromatic heterocycles. The lowest BCUT2D eigenvalue weighted by Gasteiger charge is -2.03. The second kappa shape index (κ2) is 4.02. The minimum Gasteiger partial charge on any atom is -0.326 e. The van der Waals surface area contributed by atoms with Crippen LogP contribution in [-0.2, 0) is 17.8 Å². The fourth-order valence-electron chi connectivity index (χ4n) is 1.18. The molecule has 0 heterocycles. The van der Waals surface area contributed by atoms with Gasteiger partial charge in [0.05, 0.1) is 0 Å². The van der Waals surface area contributed by atoms with Crippen molar-refractivity contribution >= 4 is 6.29 Å². The Balaban J connectivity index is 2.93. The Morgan fingerprint density at radius 3 is 2.75 bits per heavy atom. The van der Waals surface area contributed by atoms with Gasteiger partial charge in [-0.3, -0.25) is 4.79 Å². The van der Waals surface area contributed by atoms with Gasteiger partial charge < -0.3 is 5.73 Å². The largest absolute Gasteiger partial charge is 0.326 e. The molecule has 1 aromatic rings. The van der Waals surface area contributed by atoms with Gasteiger partial charge in [-0.05, 0) is 23.6 Å². The van der Waals surface area contributed by atoms with Crippen molar-refractivity contribution in [2.75, 3.05) is 0 Å². The molecule has 0 saturated heterocycles. The average molecular weight is 162 g/mol. The maximum atomic E-state index is 10.1. The Labute approximate surface area is 72.4 Å². The standard InChI is InChI=1S/C10H12NO/c1-8-6-9(4-5-12)2-3-10(8)7-11/h2-3,6H,4,7,11H2,1H3. The van der Waals surface area contributed by atoms with Crippen LogP contribution in [0.4, 0.5) is 0 Å². The summed E-state index contributed by atoms with van der Waals surface area (Å²) in [5.41, 5.74) is 8.77. The zero-order valence-electron chi connectivity index (χ0n) is 7.13. The molecule has 1 aromatic carbocycles. The predicted molar refractivity (Wildman–Crippen MR) is 48.5 cm³/mol. The van der Waals surface area contributed by atoms with Crippen molar-refractivity contribution in [2.45, 2.75) is 19.9 Å². The molecule has 0 amide bonds. The summed E-state index contributed by atoms with van der Waals surface area (Å²) in [6.45, 7) is 2.55. The van der Waals surface area contributed by atoms with Crippen LogP contribution in [0, 0.1) is 6.92 Å². The van der Waals surface area contributed by atoms with E-state index in [2.05, 4.69) is 0 Å². The Bertz CT molecular complexity index is 281. The number of hydrogen-bond donors (Lipinski definition) is 1. The lowest BCUT2D eigenvalue weighted by Crippen LogP contribution is -1.99. The summed E-state index contributed by atoms with van der Waals surface area (Å²) in [5.74, 6) is 0. The average Bonchev–Trinajstić information content (AvgIpc) is 2.05. The van der Waals surface area contributed by atoms with E-state index >= 15 is 0 Å². The van der Waals surface area contributed by atoms with Crippen molar-refractivity contribution in [3.8, 4) is 0 Å². The normalized spacial score (nSPS) is 9.83. The first-order chi connectivity index (χ1) is 5.77.